The lowest BCUT2D eigenvalue weighted by Gasteiger charge is -2.18. The number of hydrogen-bond donors (Lipinski definition) is 1. The number of nitrogens with zero attached hydrogens (tertiary/aromatic N) is 2. The van der Waals surface area contributed by atoms with Crippen LogP contribution in [-0.2, 0) is 0 Å². The molecule has 1 aromatic carbocycles. The molecule has 0 bridgehead atoms. The molecular formula is C11H14IN3O2. The summed E-state index contributed by atoms with van der Waals surface area (Å²) in [7, 11) is 0. The van der Waals surface area contributed by atoms with E-state index < -0.39 is 0 Å². The molecular weight excluding hydrogens is 333 g/mol. The average molecular weight is 347 g/mol. The summed E-state index contributed by atoms with van der Waals surface area (Å²) in [5.74, 6) is 0.453. The van der Waals surface area contributed by atoms with Gasteiger partial charge >= 0.3 is 0 Å². The molecule has 0 spiro atoms. The first-order valence-corrected chi connectivity index (χ1v) is 6.58. The lowest BCUT2D eigenvalue weighted by molar-refractivity contribution is -0.384. The predicted octanol–water partition coefficient (Wildman–Crippen LogP) is 1.98. The number of halogens is 1. The molecule has 6 heteroatoms. The van der Waals surface area contributed by atoms with E-state index in [1.165, 1.54) is 0 Å². The molecule has 1 unspecified atom stereocenters. The first kappa shape index (κ1) is 12.6. The Morgan fingerprint density at radius 2 is 2.35 bits per heavy atom. The van der Waals surface area contributed by atoms with Gasteiger partial charge in [0, 0.05) is 22.7 Å². The quantitative estimate of drug-likeness (QED) is 0.516. The van der Waals surface area contributed by atoms with E-state index in [9.17, 15) is 10.1 Å². The zero-order valence-electron chi connectivity index (χ0n) is 9.30. The van der Waals surface area contributed by atoms with E-state index in [2.05, 4.69) is 27.5 Å². The van der Waals surface area contributed by atoms with Crippen molar-refractivity contribution in [3.63, 3.8) is 0 Å². The molecule has 1 aromatic rings. The monoisotopic (exact) mass is 347 g/mol. The first-order valence-electron chi connectivity index (χ1n) is 5.50. The van der Waals surface area contributed by atoms with E-state index >= 15 is 0 Å². The lowest BCUT2D eigenvalue weighted by atomic mass is 10.1. The Hall–Kier alpha value is -0.890. The van der Waals surface area contributed by atoms with Crippen molar-refractivity contribution in [2.75, 3.05) is 24.5 Å². The molecule has 1 heterocycles. The Kier molecular flexibility index (Phi) is 3.82. The summed E-state index contributed by atoms with van der Waals surface area (Å²) >= 11 is 2.09. The molecule has 0 amide bonds. The number of hydrogen-bond acceptors (Lipinski definition) is 4. The third-order valence-electron chi connectivity index (χ3n) is 3.09. The van der Waals surface area contributed by atoms with Crippen LogP contribution in [0.3, 0.4) is 0 Å². The van der Waals surface area contributed by atoms with Crippen molar-refractivity contribution in [3.05, 3.63) is 31.9 Å². The minimum absolute atomic E-state index is 0.189. The maximum Gasteiger partial charge on any atom is 0.293 e. The van der Waals surface area contributed by atoms with Crippen molar-refractivity contribution < 1.29 is 4.92 Å². The molecule has 1 atom stereocenters. The van der Waals surface area contributed by atoms with Gasteiger partial charge in [0.15, 0.2) is 0 Å². The molecule has 1 fully saturated rings. The molecule has 2 rings (SSSR count). The number of rotatable bonds is 3. The van der Waals surface area contributed by atoms with Gasteiger partial charge in [-0.2, -0.15) is 0 Å². The lowest BCUT2D eigenvalue weighted by Crippen LogP contribution is -2.23. The van der Waals surface area contributed by atoms with Gasteiger partial charge in [0.2, 0.25) is 0 Å². The van der Waals surface area contributed by atoms with E-state index in [1.807, 2.05) is 12.1 Å². The summed E-state index contributed by atoms with van der Waals surface area (Å²) in [6.07, 6.45) is 1.01. The van der Waals surface area contributed by atoms with Gasteiger partial charge in [-0.3, -0.25) is 10.1 Å². The van der Waals surface area contributed by atoms with Gasteiger partial charge in [0.25, 0.3) is 5.69 Å². The molecule has 92 valence electrons. The van der Waals surface area contributed by atoms with Gasteiger partial charge in [-0.1, -0.05) is 0 Å². The Balaban J connectivity index is 2.29. The van der Waals surface area contributed by atoms with Crippen LogP contribution in [0.15, 0.2) is 18.2 Å². The molecule has 2 N–H and O–H groups in total. The third kappa shape index (κ3) is 2.68. The largest absolute Gasteiger partial charge is 0.366 e. The van der Waals surface area contributed by atoms with Crippen LogP contribution in [-0.4, -0.2) is 24.6 Å². The summed E-state index contributed by atoms with van der Waals surface area (Å²) in [4.78, 5) is 12.8. The molecule has 0 aromatic heterocycles. The van der Waals surface area contributed by atoms with Crippen molar-refractivity contribution in [2.24, 2.45) is 11.7 Å². The predicted molar refractivity (Wildman–Crippen MR) is 75.2 cm³/mol. The van der Waals surface area contributed by atoms with Gasteiger partial charge in [-0.25, -0.2) is 0 Å². The number of anilines is 1. The van der Waals surface area contributed by atoms with Crippen LogP contribution in [0.25, 0.3) is 0 Å². The van der Waals surface area contributed by atoms with E-state index in [-0.39, 0.29) is 10.6 Å². The fourth-order valence-corrected chi connectivity index (χ4v) is 2.63. The maximum absolute atomic E-state index is 11.0. The van der Waals surface area contributed by atoms with E-state index in [1.54, 1.807) is 6.07 Å². The molecule has 1 aliphatic heterocycles. The van der Waals surface area contributed by atoms with Crippen LogP contribution in [0.5, 0.6) is 0 Å². The number of benzene rings is 1. The fraction of sp³-hybridized carbons (Fsp3) is 0.455. The summed E-state index contributed by atoms with van der Waals surface area (Å²) in [6, 6.07) is 5.35. The van der Waals surface area contributed by atoms with Crippen molar-refractivity contribution in [2.45, 2.75) is 6.42 Å². The average Bonchev–Trinajstić information content (AvgIpc) is 2.77. The molecule has 5 nitrogen and oxygen atoms in total. The highest BCUT2D eigenvalue weighted by Crippen LogP contribution is 2.33. The zero-order valence-corrected chi connectivity index (χ0v) is 11.5. The van der Waals surface area contributed by atoms with Crippen LogP contribution in [0.1, 0.15) is 6.42 Å². The van der Waals surface area contributed by atoms with Crippen molar-refractivity contribution in [1.82, 2.24) is 0 Å². The van der Waals surface area contributed by atoms with Crippen LogP contribution < -0.4 is 10.6 Å². The summed E-state index contributed by atoms with van der Waals surface area (Å²) in [5, 5.41) is 11.0. The van der Waals surface area contributed by atoms with Gasteiger partial charge < -0.3 is 10.6 Å². The topological polar surface area (TPSA) is 72.4 Å². The molecule has 0 radical (unpaired) electrons. The second kappa shape index (κ2) is 5.18. The molecule has 1 aliphatic rings. The first-order chi connectivity index (χ1) is 8.11. The highest BCUT2D eigenvalue weighted by atomic mass is 127. The smallest absolute Gasteiger partial charge is 0.293 e. The summed E-state index contributed by atoms with van der Waals surface area (Å²) < 4.78 is 0.882. The molecule has 1 saturated heterocycles. The summed E-state index contributed by atoms with van der Waals surface area (Å²) in [6.45, 7) is 2.32. The van der Waals surface area contributed by atoms with E-state index in [4.69, 9.17) is 5.73 Å². The van der Waals surface area contributed by atoms with E-state index in [0.717, 1.165) is 23.1 Å². The summed E-state index contributed by atoms with van der Waals surface area (Å²) in [5.41, 5.74) is 6.54. The van der Waals surface area contributed by atoms with Crippen molar-refractivity contribution >= 4 is 34.0 Å². The second-order valence-electron chi connectivity index (χ2n) is 4.23. The standard InChI is InChI=1S/C11H14IN3O2/c12-9-1-2-10(11(5-9)15(16)17)14-4-3-8(6-13)7-14/h1-2,5,8H,3-4,6-7,13H2. The van der Waals surface area contributed by atoms with Crippen molar-refractivity contribution in [1.29, 1.82) is 0 Å². The number of nitro benzene ring substituents is 1. The Morgan fingerprint density at radius 1 is 1.59 bits per heavy atom. The fourth-order valence-electron chi connectivity index (χ4n) is 2.15. The zero-order chi connectivity index (χ0) is 12.4. The third-order valence-corrected chi connectivity index (χ3v) is 3.77. The van der Waals surface area contributed by atoms with E-state index in [0.29, 0.717) is 18.2 Å². The minimum atomic E-state index is -0.312. The molecule has 17 heavy (non-hydrogen) atoms. The van der Waals surface area contributed by atoms with Gasteiger partial charge in [0.05, 0.1) is 4.92 Å². The van der Waals surface area contributed by atoms with Gasteiger partial charge in [-0.15, -0.1) is 0 Å². The van der Waals surface area contributed by atoms with Gasteiger partial charge in [0.1, 0.15) is 5.69 Å². The second-order valence-corrected chi connectivity index (χ2v) is 5.47. The Morgan fingerprint density at radius 3 is 2.94 bits per heavy atom. The molecule has 0 aliphatic carbocycles. The van der Waals surface area contributed by atoms with Crippen LogP contribution in [0.4, 0.5) is 11.4 Å². The SMILES string of the molecule is NCC1CCN(c2ccc(I)cc2[N+](=O)[O-])C1. The number of nitro groups is 1. The normalized spacial score (nSPS) is 19.6. The van der Waals surface area contributed by atoms with Crippen LogP contribution in [0.2, 0.25) is 0 Å². The Labute approximate surface area is 113 Å². The van der Waals surface area contributed by atoms with Gasteiger partial charge in [-0.05, 0) is 53.6 Å². The van der Waals surface area contributed by atoms with Crippen molar-refractivity contribution in [3.8, 4) is 0 Å². The molecule has 0 saturated carbocycles. The van der Waals surface area contributed by atoms with Crippen LogP contribution >= 0.6 is 22.6 Å². The maximum atomic E-state index is 11.0. The minimum Gasteiger partial charge on any atom is -0.366 e. The van der Waals surface area contributed by atoms with Crippen LogP contribution in [0, 0.1) is 19.6 Å². The highest BCUT2D eigenvalue weighted by Gasteiger charge is 2.26. The Bertz CT molecular complexity index is 439. The highest BCUT2D eigenvalue weighted by molar-refractivity contribution is 14.1. The number of nitrogens with two attached hydrogens (primary N) is 1.